The Bertz CT molecular complexity index is 1310. The second kappa shape index (κ2) is 13.2. The third-order valence-corrected chi connectivity index (χ3v) is 5.45. The van der Waals surface area contributed by atoms with Gasteiger partial charge in [0, 0.05) is 17.2 Å². The Morgan fingerprint density at radius 1 is 1.16 bits per heavy atom. The summed E-state index contributed by atoms with van der Waals surface area (Å²) in [4.78, 5) is 35.7. The van der Waals surface area contributed by atoms with Crippen LogP contribution in [-0.2, 0) is 9.59 Å². The van der Waals surface area contributed by atoms with Crippen molar-refractivity contribution in [1.29, 1.82) is 0 Å². The largest absolute Gasteiger partial charge is 0.496 e. The van der Waals surface area contributed by atoms with Crippen molar-refractivity contribution >= 4 is 35.3 Å². The van der Waals surface area contributed by atoms with Crippen LogP contribution in [0.1, 0.15) is 26.0 Å². The van der Waals surface area contributed by atoms with Crippen LogP contribution in [0.25, 0.3) is 11.3 Å². The van der Waals surface area contributed by atoms with Crippen LogP contribution in [-0.4, -0.2) is 42.7 Å². The molecule has 3 rings (SSSR count). The summed E-state index contributed by atoms with van der Waals surface area (Å²) in [5, 5.41) is 18.3. The predicted octanol–water partition coefficient (Wildman–Crippen LogP) is 4.58. The molecule has 0 aliphatic rings. The van der Waals surface area contributed by atoms with Gasteiger partial charge in [-0.05, 0) is 54.8 Å². The Hall–Kier alpha value is -4.38. The summed E-state index contributed by atoms with van der Waals surface area (Å²) >= 11 is 5.84. The smallest absolute Gasteiger partial charge is 0.270 e. The molecule has 0 aliphatic heterocycles. The molecule has 0 bridgehead atoms. The lowest BCUT2D eigenvalue weighted by Crippen LogP contribution is -2.47. The van der Waals surface area contributed by atoms with E-state index >= 15 is 0 Å². The molecule has 0 saturated carbocycles. The van der Waals surface area contributed by atoms with Gasteiger partial charge in [-0.2, -0.15) is 5.10 Å². The van der Waals surface area contributed by atoms with Gasteiger partial charge in [0.05, 0.1) is 23.8 Å². The van der Waals surface area contributed by atoms with Crippen molar-refractivity contribution in [2.24, 2.45) is 11.0 Å². The topological polar surface area (TPSA) is 145 Å². The quantitative estimate of drug-likeness (QED) is 0.193. The van der Waals surface area contributed by atoms with Gasteiger partial charge < -0.3 is 19.2 Å². The van der Waals surface area contributed by atoms with Crippen LogP contribution >= 0.6 is 11.6 Å². The molecule has 1 atom stereocenters. The molecule has 2 N–H and O–H groups in total. The lowest BCUT2D eigenvalue weighted by molar-refractivity contribution is -0.384. The third-order valence-electron chi connectivity index (χ3n) is 5.20. The average Bonchev–Trinajstić information content (AvgIpc) is 3.36. The van der Waals surface area contributed by atoms with Gasteiger partial charge in [0.25, 0.3) is 17.5 Å². The number of nitrogens with one attached hydrogen (secondary N) is 2. The molecule has 38 heavy (non-hydrogen) atoms. The molecular weight excluding hydrogens is 516 g/mol. The van der Waals surface area contributed by atoms with Gasteiger partial charge in [-0.1, -0.05) is 25.4 Å². The molecule has 200 valence electrons. The molecular formula is C26H27ClN4O7. The molecule has 11 nitrogen and oxygen atoms in total. The Kier molecular flexibility index (Phi) is 9.83. The van der Waals surface area contributed by atoms with E-state index in [2.05, 4.69) is 15.8 Å². The van der Waals surface area contributed by atoms with Crippen LogP contribution in [0, 0.1) is 16.0 Å². The Balaban J connectivity index is 1.61. The van der Waals surface area contributed by atoms with E-state index in [-0.39, 0.29) is 24.0 Å². The highest BCUT2D eigenvalue weighted by atomic mass is 35.5. The number of nitro benzene ring substituents is 1. The molecule has 0 unspecified atom stereocenters. The van der Waals surface area contributed by atoms with E-state index in [1.807, 2.05) is 13.8 Å². The molecule has 0 aliphatic carbocycles. The number of non-ortho nitro benzene ring substituents is 1. The van der Waals surface area contributed by atoms with Crippen LogP contribution in [0.3, 0.4) is 0 Å². The third kappa shape index (κ3) is 8.07. The number of methoxy groups -OCH3 is 1. The maximum Gasteiger partial charge on any atom is 0.270 e. The molecule has 12 heteroatoms. The number of benzene rings is 2. The molecule has 0 radical (unpaired) electrons. The number of hydrogen-bond acceptors (Lipinski definition) is 8. The van der Waals surface area contributed by atoms with Crippen molar-refractivity contribution in [3.8, 4) is 22.8 Å². The number of amides is 2. The summed E-state index contributed by atoms with van der Waals surface area (Å²) in [6, 6.07) is 13.1. The first-order valence-electron chi connectivity index (χ1n) is 11.6. The highest BCUT2D eigenvalue weighted by molar-refractivity contribution is 6.30. The summed E-state index contributed by atoms with van der Waals surface area (Å²) in [6.45, 7) is 3.57. The Morgan fingerprint density at radius 2 is 1.89 bits per heavy atom. The average molecular weight is 543 g/mol. The van der Waals surface area contributed by atoms with Gasteiger partial charge in [0.1, 0.15) is 29.1 Å². The van der Waals surface area contributed by atoms with Crippen LogP contribution in [0.2, 0.25) is 5.02 Å². The molecule has 1 heterocycles. The van der Waals surface area contributed by atoms with Crippen molar-refractivity contribution in [3.05, 3.63) is 75.5 Å². The van der Waals surface area contributed by atoms with Crippen molar-refractivity contribution < 1.29 is 28.4 Å². The number of hydrogen-bond donors (Lipinski definition) is 2. The number of nitro groups is 1. The second-order valence-electron chi connectivity index (χ2n) is 8.57. The van der Waals surface area contributed by atoms with Gasteiger partial charge in [0.2, 0.25) is 0 Å². The summed E-state index contributed by atoms with van der Waals surface area (Å²) < 4.78 is 16.4. The van der Waals surface area contributed by atoms with Gasteiger partial charge in [-0.25, -0.2) is 5.43 Å². The van der Waals surface area contributed by atoms with Gasteiger partial charge >= 0.3 is 0 Å². The highest BCUT2D eigenvalue weighted by Gasteiger charge is 2.22. The van der Waals surface area contributed by atoms with E-state index in [1.165, 1.54) is 31.5 Å². The maximum absolute atomic E-state index is 12.7. The van der Waals surface area contributed by atoms with E-state index in [1.54, 1.807) is 36.4 Å². The number of halogens is 1. The molecule has 2 amide bonds. The second-order valence-corrected chi connectivity index (χ2v) is 9.01. The number of furan rings is 1. The minimum absolute atomic E-state index is 0.114. The minimum Gasteiger partial charge on any atom is -0.496 e. The SMILES string of the molecule is COc1ccc([N+](=O)[O-])cc1-c1ccc(/C=N\NC(=O)[C@@H](CC(C)C)NC(=O)COc2ccc(Cl)cc2)o1. The van der Waals surface area contributed by atoms with Crippen molar-refractivity contribution in [3.63, 3.8) is 0 Å². The zero-order valence-electron chi connectivity index (χ0n) is 21.0. The van der Waals surface area contributed by atoms with E-state index in [0.29, 0.717) is 34.3 Å². The summed E-state index contributed by atoms with van der Waals surface area (Å²) in [6.07, 6.45) is 1.66. The summed E-state index contributed by atoms with van der Waals surface area (Å²) in [5.41, 5.74) is 2.68. The van der Waals surface area contributed by atoms with Crippen molar-refractivity contribution in [2.45, 2.75) is 26.3 Å². The number of nitrogens with zero attached hydrogens (tertiary/aromatic N) is 2. The number of ether oxygens (including phenoxy) is 2. The zero-order valence-corrected chi connectivity index (χ0v) is 21.7. The molecule has 0 spiro atoms. The number of carbonyl (C=O) groups is 2. The van der Waals surface area contributed by atoms with E-state index in [4.69, 9.17) is 25.5 Å². The van der Waals surface area contributed by atoms with Crippen LogP contribution in [0.5, 0.6) is 11.5 Å². The van der Waals surface area contributed by atoms with E-state index in [9.17, 15) is 19.7 Å². The minimum atomic E-state index is -0.838. The Morgan fingerprint density at radius 3 is 2.55 bits per heavy atom. The first-order valence-corrected chi connectivity index (χ1v) is 12.0. The molecule has 0 fully saturated rings. The van der Waals surface area contributed by atoms with Gasteiger partial charge in [-0.15, -0.1) is 0 Å². The van der Waals surface area contributed by atoms with E-state index in [0.717, 1.165) is 0 Å². The summed E-state index contributed by atoms with van der Waals surface area (Å²) in [5.74, 6) is 0.616. The molecule has 3 aromatic rings. The fourth-order valence-electron chi connectivity index (χ4n) is 3.43. The lowest BCUT2D eigenvalue weighted by atomic mass is 10.0. The predicted molar refractivity (Wildman–Crippen MR) is 141 cm³/mol. The first kappa shape index (κ1) is 28.2. The number of rotatable bonds is 12. The molecule has 0 saturated heterocycles. The normalized spacial score (nSPS) is 11.8. The van der Waals surface area contributed by atoms with Gasteiger partial charge in [-0.3, -0.25) is 19.7 Å². The first-order chi connectivity index (χ1) is 18.2. The standard InChI is InChI=1S/C26H27ClN4O7/c1-16(2)12-22(29-25(32)15-37-19-7-4-17(27)5-8-19)26(33)30-28-14-20-9-11-24(38-20)21-13-18(31(34)35)6-10-23(21)36-3/h4-11,13-14,16,22H,12,15H2,1-3H3,(H,29,32)(H,30,33)/b28-14-/t22-/m1/s1. The van der Waals surface area contributed by atoms with Crippen molar-refractivity contribution in [2.75, 3.05) is 13.7 Å². The molecule has 2 aromatic carbocycles. The van der Waals surface area contributed by atoms with Crippen LogP contribution in [0.4, 0.5) is 5.69 Å². The fraction of sp³-hybridized carbons (Fsp3) is 0.269. The zero-order chi connectivity index (χ0) is 27.7. The van der Waals surface area contributed by atoms with Crippen LogP contribution < -0.4 is 20.2 Å². The van der Waals surface area contributed by atoms with E-state index < -0.39 is 22.8 Å². The lowest BCUT2D eigenvalue weighted by Gasteiger charge is -2.19. The Labute approximate surface area is 223 Å². The monoisotopic (exact) mass is 542 g/mol. The number of carbonyl (C=O) groups excluding carboxylic acids is 2. The van der Waals surface area contributed by atoms with Crippen LogP contribution in [0.15, 0.2) is 64.1 Å². The molecule has 1 aromatic heterocycles. The fourth-order valence-corrected chi connectivity index (χ4v) is 3.55. The van der Waals surface area contributed by atoms with Crippen molar-refractivity contribution in [1.82, 2.24) is 10.7 Å². The highest BCUT2D eigenvalue weighted by Crippen LogP contribution is 2.34. The summed E-state index contributed by atoms with van der Waals surface area (Å²) in [7, 11) is 1.45. The maximum atomic E-state index is 12.7. The number of hydrazone groups is 1. The van der Waals surface area contributed by atoms with Gasteiger partial charge in [0.15, 0.2) is 6.61 Å².